The molecule has 0 aliphatic heterocycles. The summed E-state index contributed by atoms with van der Waals surface area (Å²) in [6, 6.07) is 3.87. The SMILES string of the molecule is Cc1ccc(NS(=O)(=O)CCCNC(C)C)cn1. The summed E-state index contributed by atoms with van der Waals surface area (Å²) in [5.74, 6) is 0.112. The standard InChI is InChI=1S/C12H21N3O2S/c1-10(2)13-7-4-8-18(16,17)15-12-6-5-11(3)14-9-12/h5-6,9-10,13,15H,4,7-8H2,1-3H3. The lowest BCUT2D eigenvalue weighted by atomic mass is 10.4. The highest BCUT2D eigenvalue weighted by Gasteiger charge is 2.10. The summed E-state index contributed by atoms with van der Waals surface area (Å²) in [5.41, 5.74) is 1.37. The molecule has 1 aromatic rings. The van der Waals surface area contributed by atoms with E-state index in [0.29, 0.717) is 24.7 Å². The van der Waals surface area contributed by atoms with Crippen LogP contribution in [-0.4, -0.2) is 31.7 Å². The van der Waals surface area contributed by atoms with Gasteiger partial charge in [0.2, 0.25) is 10.0 Å². The van der Waals surface area contributed by atoms with Crippen molar-refractivity contribution in [2.75, 3.05) is 17.0 Å². The molecule has 0 unspecified atom stereocenters. The maximum Gasteiger partial charge on any atom is 0.232 e. The van der Waals surface area contributed by atoms with Crippen LogP contribution in [0.4, 0.5) is 5.69 Å². The van der Waals surface area contributed by atoms with Crippen molar-refractivity contribution in [2.45, 2.75) is 33.2 Å². The van der Waals surface area contributed by atoms with Gasteiger partial charge in [-0.25, -0.2) is 8.42 Å². The molecule has 0 aromatic carbocycles. The van der Waals surface area contributed by atoms with Gasteiger partial charge in [-0.05, 0) is 32.0 Å². The number of rotatable bonds is 7. The van der Waals surface area contributed by atoms with Crippen LogP contribution in [0, 0.1) is 6.92 Å². The van der Waals surface area contributed by atoms with Crippen LogP contribution in [0.2, 0.25) is 0 Å². The van der Waals surface area contributed by atoms with E-state index < -0.39 is 10.0 Å². The summed E-state index contributed by atoms with van der Waals surface area (Å²) in [7, 11) is -3.28. The van der Waals surface area contributed by atoms with E-state index in [1.54, 1.807) is 12.1 Å². The maximum atomic E-state index is 11.8. The number of aryl methyl sites for hydroxylation is 1. The molecule has 1 aromatic heterocycles. The molecular formula is C12H21N3O2S. The third kappa shape index (κ3) is 5.97. The molecule has 0 radical (unpaired) electrons. The molecule has 0 amide bonds. The van der Waals surface area contributed by atoms with Crippen molar-refractivity contribution in [1.82, 2.24) is 10.3 Å². The molecule has 2 N–H and O–H groups in total. The van der Waals surface area contributed by atoms with E-state index in [1.807, 2.05) is 20.8 Å². The van der Waals surface area contributed by atoms with Gasteiger partial charge < -0.3 is 5.32 Å². The van der Waals surface area contributed by atoms with E-state index in [9.17, 15) is 8.42 Å². The van der Waals surface area contributed by atoms with Gasteiger partial charge in [0.05, 0.1) is 17.6 Å². The summed E-state index contributed by atoms with van der Waals surface area (Å²) < 4.78 is 26.0. The minimum absolute atomic E-state index is 0.112. The molecule has 0 bridgehead atoms. The van der Waals surface area contributed by atoms with Crippen molar-refractivity contribution in [1.29, 1.82) is 0 Å². The number of nitrogens with one attached hydrogen (secondary N) is 2. The van der Waals surface area contributed by atoms with Crippen LogP contribution in [0.3, 0.4) is 0 Å². The van der Waals surface area contributed by atoms with Crippen LogP contribution in [0.5, 0.6) is 0 Å². The maximum absolute atomic E-state index is 11.8. The molecule has 0 aliphatic carbocycles. The van der Waals surface area contributed by atoms with Crippen molar-refractivity contribution < 1.29 is 8.42 Å². The normalized spacial score (nSPS) is 11.8. The Labute approximate surface area is 109 Å². The van der Waals surface area contributed by atoms with Crippen molar-refractivity contribution >= 4 is 15.7 Å². The highest BCUT2D eigenvalue weighted by atomic mass is 32.2. The summed E-state index contributed by atoms with van der Waals surface area (Å²) in [6.45, 7) is 6.62. The Morgan fingerprint density at radius 1 is 1.33 bits per heavy atom. The number of pyridine rings is 1. The zero-order valence-corrected chi connectivity index (χ0v) is 11.9. The Kier molecular flexibility index (Phi) is 5.55. The topological polar surface area (TPSA) is 71.1 Å². The van der Waals surface area contributed by atoms with Gasteiger partial charge >= 0.3 is 0 Å². The third-order valence-electron chi connectivity index (χ3n) is 2.33. The zero-order chi connectivity index (χ0) is 13.6. The molecule has 1 rings (SSSR count). The van der Waals surface area contributed by atoms with E-state index >= 15 is 0 Å². The second-order valence-electron chi connectivity index (χ2n) is 4.57. The molecule has 1 heterocycles. The van der Waals surface area contributed by atoms with Crippen LogP contribution in [0.25, 0.3) is 0 Å². The lowest BCUT2D eigenvalue weighted by molar-refractivity contribution is 0.571. The summed E-state index contributed by atoms with van der Waals surface area (Å²) in [4.78, 5) is 4.04. The van der Waals surface area contributed by atoms with Crippen molar-refractivity contribution in [3.63, 3.8) is 0 Å². The van der Waals surface area contributed by atoms with Gasteiger partial charge in [-0.1, -0.05) is 13.8 Å². The molecule has 6 heteroatoms. The number of sulfonamides is 1. The Morgan fingerprint density at radius 3 is 2.61 bits per heavy atom. The van der Waals surface area contributed by atoms with E-state index in [-0.39, 0.29) is 5.75 Å². The third-order valence-corrected chi connectivity index (χ3v) is 3.70. The van der Waals surface area contributed by atoms with Gasteiger partial charge in [0, 0.05) is 11.7 Å². The van der Waals surface area contributed by atoms with E-state index in [2.05, 4.69) is 15.0 Å². The number of anilines is 1. The van der Waals surface area contributed by atoms with Crippen LogP contribution >= 0.6 is 0 Å². The molecule has 0 spiro atoms. The minimum atomic E-state index is -3.28. The second-order valence-corrected chi connectivity index (χ2v) is 6.41. The number of hydrogen-bond acceptors (Lipinski definition) is 4. The summed E-state index contributed by atoms with van der Waals surface area (Å²) in [5, 5.41) is 3.18. The Balaban J connectivity index is 2.42. The van der Waals surface area contributed by atoms with Crippen LogP contribution in [-0.2, 0) is 10.0 Å². The first-order chi connectivity index (χ1) is 8.39. The molecule has 5 nitrogen and oxygen atoms in total. The summed E-state index contributed by atoms with van der Waals surface area (Å²) in [6.07, 6.45) is 2.12. The zero-order valence-electron chi connectivity index (χ0n) is 11.1. The molecule has 102 valence electrons. The summed E-state index contributed by atoms with van der Waals surface area (Å²) >= 11 is 0. The van der Waals surface area contributed by atoms with E-state index in [4.69, 9.17) is 0 Å². The first-order valence-corrected chi connectivity index (χ1v) is 7.71. The first kappa shape index (κ1) is 14.9. The van der Waals surface area contributed by atoms with Crippen molar-refractivity contribution in [3.8, 4) is 0 Å². The van der Waals surface area contributed by atoms with Crippen molar-refractivity contribution in [3.05, 3.63) is 24.0 Å². The van der Waals surface area contributed by atoms with Crippen LogP contribution < -0.4 is 10.0 Å². The lowest BCUT2D eigenvalue weighted by Crippen LogP contribution is -2.26. The van der Waals surface area contributed by atoms with Crippen LogP contribution in [0.15, 0.2) is 18.3 Å². The van der Waals surface area contributed by atoms with Gasteiger partial charge in [0.1, 0.15) is 0 Å². The quantitative estimate of drug-likeness (QED) is 0.738. The molecular weight excluding hydrogens is 250 g/mol. The fourth-order valence-electron chi connectivity index (χ4n) is 1.41. The van der Waals surface area contributed by atoms with Crippen molar-refractivity contribution in [2.24, 2.45) is 0 Å². The average molecular weight is 271 g/mol. The largest absolute Gasteiger partial charge is 0.314 e. The van der Waals surface area contributed by atoms with Gasteiger partial charge in [-0.2, -0.15) is 0 Å². The van der Waals surface area contributed by atoms with E-state index in [0.717, 1.165) is 5.69 Å². The fourth-order valence-corrected chi connectivity index (χ4v) is 2.52. The molecule has 18 heavy (non-hydrogen) atoms. The predicted octanol–water partition coefficient (Wildman–Crippen LogP) is 1.52. The molecule has 0 atom stereocenters. The number of aromatic nitrogens is 1. The Bertz CT molecular complexity index is 455. The molecule has 0 saturated carbocycles. The smallest absolute Gasteiger partial charge is 0.232 e. The number of hydrogen-bond donors (Lipinski definition) is 2. The molecule has 0 fully saturated rings. The molecule has 0 aliphatic rings. The lowest BCUT2D eigenvalue weighted by Gasteiger charge is -2.09. The highest BCUT2D eigenvalue weighted by molar-refractivity contribution is 7.92. The Hall–Kier alpha value is -1.14. The van der Waals surface area contributed by atoms with Crippen LogP contribution in [0.1, 0.15) is 26.0 Å². The highest BCUT2D eigenvalue weighted by Crippen LogP contribution is 2.08. The first-order valence-electron chi connectivity index (χ1n) is 6.05. The average Bonchev–Trinajstić information content (AvgIpc) is 2.27. The Morgan fingerprint density at radius 2 is 2.06 bits per heavy atom. The predicted molar refractivity (Wildman–Crippen MR) is 74.1 cm³/mol. The minimum Gasteiger partial charge on any atom is -0.314 e. The molecule has 0 saturated heterocycles. The van der Waals surface area contributed by atoms with Gasteiger partial charge in [-0.3, -0.25) is 9.71 Å². The number of nitrogens with zero attached hydrogens (tertiary/aromatic N) is 1. The van der Waals surface area contributed by atoms with Gasteiger partial charge in [-0.15, -0.1) is 0 Å². The second kappa shape index (κ2) is 6.70. The fraction of sp³-hybridized carbons (Fsp3) is 0.583. The van der Waals surface area contributed by atoms with E-state index in [1.165, 1.54) is 6.20 Å². The van der Waals surface area contributed by atoms with Gasteiger partial charge in [0.15, 0.2) is 0 Å². The monoisotopic (exact) mass is 271 g/mol. The van der Waals surface area contributed by atoms with Gasteiger partial charge in [0.25, 0.3) is 0 Å².